The third kappa shape index (κ3) is 5.08. The van der Waals surface area contributed by atoms with Crippen LogP contribution in [0.3, 0.4) is 0 Å². The molecule has 1 aromatic rings. The number of hydrogen-bond acceptors (Lipinski definition) is 4. The molecule has 1 amide bonds. The van der Waals surface area contributed by atoms with E-state index in [2.05, 4.69) is 5.32 Å². The Labute approximate surface area is 125 Å². The van der Waals surface area contributed by atoms with Crippen LogP contribution in [0.2, 0.25) is 0 Å². The number of nitrogens with one attached hydrogen (secondary N) is 1. The van der Waals surface area contributed by atoms with Gasteiger partial charge in [-0.15, -0.1) is 0 Å². The first-order valence-electron chi connectivity index (χ1n) is 6.52. The van der Waals surface area contributed by atoms with Crippen LogP contribution < -0.4 is 9.62 Å². The first-order chi connectivity index (χ1) is 9.75. The van der Waals surface area contributed by atoms with Crippen molar-refractivity contribution in [3.8, 4) is 6.07 Å². The summed E-state index contributed by atoms with van der Waals surface area (Å²) in [7, 11) is -3.57. The summed E-state index contributed by atoms with van der Waals surface area (Å²) in [6.45, 7) is 3.66. The van der Waals surface area contributed by atoms with Crippen LogP contribution in [0.15, 0.2) is 24.3 Å². The Morgan fingerprint density at radius 2 is 2.00 bits per heavy atom. The van der Waals surface area contributed by atoms with Crippen molar-refractivity contribution < 1.29 is 13.2 Å². The van der Waals surface area contributed by atoms with Gasteiger partial charge in [-0.25, -0.2) is 8.42 Å². The number of carbonyl (C=O) groups excluding carboxylic acids is 1. The fourth-order valence-electron chi connectivity index (χ4n) is 1.85. The SMILES string of the molecule is CC(C)NC(=O)CCN(c1ccccc1C#N)S(C)(=O)=O. The summed E-state index contributed by atoms with van der Waals surface area (Å²) < 4.78 is 24.9. The summed E-state index contributed by atoms with van der Waals surface area (Å²) in [6.07, 6.45) is 1.09. The lowest BCUT2D eigenvalue weighted by Crippen LogP contribution is -2.36. The third-order valence-electron chi connectivity index (χ3n) is 2.69. The second kappa shape index (κ2) is 7.09. The van der Waals surface area contributed by atoms with Gasteiger partial charge in [0.15, 0.2) is 0 Å². The lowest BCUT2D eigenvalue weighted by molar-refractivity contribution is -0.121. The number of rotatable bonds is 6. The van der Waals surface area contributed by atoms with Crippen LogP contribution >= 0.6 is 0 Å². The molecule has 0 heterocycles. The number of para-hydroxylation sites is 1. The number of hydrogen-bond donors (Lipinski definition) is 1. The topological polar surface area (TPSA) is 90.3 Å². The maximum absolute atomic E-state index is 11.9. The van der Waals surface area contributed by atoms with Gasteiger partial charge in [-0.2, -0.15) is 5.26 Å². The van der Waals surface area contributed by atoms with Gasteiger partial charge in [0.2, 0.25) is 15.9 Å². The largest absolute Gasteiger partial charge is 0.354 e. The quantitative estimate of drug-likeness (QED) is 0.856. The minimum absolute atomic E-state index is 0.00389. The normalized spacial score (nSPS) is 11.0. The number of anilines is 1. The highest BCUT2D eigenvalue weighted by Gasteiger charge is 2.21. The molecule has 0 aliphatic heterocycles. The molecule has 0 saturated heterocycles. The van der Waals surface area contributed by atoms with Crippen LogP contribution in [-0.4, -0.2) is 33.2 Å². The second-order valence-corrected chi connectivity index (χ2v) is 6.84. The molecule has 0 atom stereocenters. The van der Waals surface area contributed by atoms with Gasteiger partial charge < -0.3 is 5.32 Å². The van der Waals surface area contributed by atoms with Gasteiger partial charge in [0.05, 0.1) is 17.5 Å². The number of carbonyl (C=O) groups is 1. The molecule has 0 radical (unpaired) electrons. The van der Waals surface area contributed by atoms with E-state index in [4.69, 9.17) is 5.26 Å². The summed E-state index contributed by atoms with van der Waals surface area (Å²) in [5.74, 6) is -0.229. The zero-order valence-electron chi connectivity index (χ0n) is 12.3. The van der Waals surface area contributed by atoms with Crippen LogP contribution in [0.1, 0.15) is 25.8 Å². The zero-order valence-corrected chi connectivity index (χ0v) is 13.1. The molecule has 0 saturated carbocycles. The van der Waals surface area contributed by atoms with Crippen molar-refractivity contribution in [1.82, 2.24) is 5.32 Å². The fraction of sp³-hybridized carbons (Fsp3) is 0.429. The van der Waals surface area contributed by atoms with E-state index in [0.717, 1.165) is 10.6 Å². The molecule has 0 unspecified atom stereocenters. The summed E-state index contributed by atoms with van der Waals surface area (Å²) in [5, 5.41) is 11.8. The van der Waals surface area contributed by atoms with E-state index in [1.54, 1.807) is 24.3 Å². The van der Waals surface area contributed by atoms with Crippen molar-refractivity contribution in [2.24, 2.45) is 0 Å². The van der Waals surface area contributed by atoms with Gasteiger partial charge in [0, 0.05) is 19.0 Å². The zero-order chi connectivity index (χ0) is 16.0. The van der Waals surface area contributed by atoms with Crippen molar-refractivity contribution in [3.63, 3.8) is 0 Å². The molecule has 1 rings (SSSR count). The molecule has 114 valence electrons. The maximum Gasteiger partial charge on any atom is 0.232 e. The lowest BCUT2D eigenvalue weighted by atomic mass is 10.2. The van der Waals surface area contributed by atoms with Crippen molar-refractivity contribution in [3.05, 3.63) is 29.8 Å². The highest BCUT2D eigenvalue weighted by Crippen LogP contribution is 2.22. The standard InChI is InChI=1S/C14H19N3O3S/c1-11(2)16-14(18)8-9-17(21(3,19)20)13-7-5-4-6-12(13)10-15/h4-7,11H,8-9H2,1-3H3,(H,16,18). The van der Waals surface area contributed by atoms with Gasteiger partial charge in [-0.05, 0) is 26.0 Å². The summed E-state index contributed by atoms with van der Waals surface area (Å²) >= 11 is 0. The number of benzene rings is 1. The molecule has 0 aliphatic carbocycles. The van der Waals surface area contributed by atoms with E-state index in [1.165, 1.54) is 0 Å². The van der Waals surface area contributed by atoms with Crippen molar-refractivity contribution in [1.29, 1.82) is 5.26 Å². The molecule has 0 aromatic heterocycles. The Bertz CT molecular complexity index is 648. The van der Waals surface area contributed by atoms with Crippen LogP contribution in [0, 0.1) is 11.3 Å². The number of sulfonamides is 1. The van der Waals surface area contributed by atoms with Gasteiger partial charge >= 0.3 is 0 Å². The van der Waals surface area contributed by atoms with Crippen LogP contribution in [0.25, 0.3) is 0 Å². The fourth-order valence-corrected chi connectivity index (χ4v) is 2.79. The van der Waals surface area contributed by atoms with Gasteiger partial charge in [0.25, 0.3) is 0 Å². The first-order valence-corrected chi connectivity index (χ1v) is 8.36. The van der Waals surface area contributed by atoms with Crippen molar-refractivity contribution in [2.75, 3.05) is 17.1 Å². The molecule has 1 aromatic carbocycles. The molecule has 0 bridgehead atoms. The predicted molar refractivity (Wildman–Crippen MR) is 81.2 cm³/mol. The molecule has 0 aliphatic rings. The molecule has 6 nitrogen and oxygen atoms in total. The molecule has 0 spiro atoms. The highest BCUT2D eigenvalue weighted by atomic mass is 32.2. The predicted octanol–water partition coefficient (Wildman–Crippen LogP) is 1.24. The van der Waals surface area contributed by atoms with E-state index >= 15 is 0 Å². The number of amides is 1. The van der Waals surface area contributed by atoms with Gasteiger partial charge in [-0.3, -0.25) is 9.10 Å². The maximum atomic E-state index is 11.9. The molecular weight excluding hydrogens is 290 g/mol. The Morgan fingerprint density at radius 1 is 1.38 bits per heavy atom. The van der Waals surface area contributed by atoms with Crippen molar-refractivity contribution >= 4 is 21.6 Å². The molecule has 1 N–H and O–H groups in total. The minimum atomic E-state index is -3.57. The summed E-state index contributed by atoms with van der Waals surface area (Å²) in [6, 6.07) is 8.37. The van der Waals surface area contributed by atoms with Crippen molar-refractivity contribution in [2.45, 2.75) is 26.3 Å². The Morgan fingerprint density at radius 3 is 2.52 bits per heavy atom. The lowest BCUT2D eigenvalue weighted by Gasteiger charge is -2.23. The summed E-state index contributed by atoms with van der Waals surface area (Å²) in [5.41, 5.74) is 0.548. The third-order valence-corrected chi connectivity index (χ3v) is 3.87. The van der Waals surface area contributed by atoms with Crippen LogP contribution in [0.4, 0.5) is 5.69 Å². The smallest absolute Gasteiger partial charge is 0.232 e. The summed E-state index contributed by atoms with van der Waals surface area (Å²) in [4.78, 5) is 11.7. The van der Waals surface area contributed by atoms with E-state index in [0.29, 0.717) is 5.69 Å². The number of nitriles is 1. The number of nitrogens with zero attached hydrogens (tertiary/aromatic N) is 2. The minimum Gasteiger partial charge on any atom is -0.354 e. The molecule has 7 heteroatoms. The van der Waals surface area contributed by atoms with Gasteiger partial charge in [0.1, 0.15) is 6.07 Å². The monoisotopic (exact) mass is 309 g/mol. The second-order valence-electron chi connectivity index (χ2n) is 4.94. The Kier molecular flexibility index (Phi) is 5.73. The van der Waals surface area contributed by atoms with Crippen LogP contribution in [-0.2, 0) is 14.8 Å². The van der Waals surface area contributed by atoms with Crippen LogP contribution in [0.5, 0.6) is 0 Å². The van der Waals surface area contributed by atoms with Gasteiger partial charge in [-0.1, -0.05) is 12.1 Å². The Hall–Kier alpha value is -2.07. The Balaban J connectivity index is 2.99. The van der Waals surface area contributed by atoms with E-state index in [1.807, 2.05) is 19.9 Å². The highest BCUT2D eigenvalue weighted by molar-refractivity contribution is 7.92. The average molecular weight is 309 g/mol. The molecule has 0 fully saturated rings. The molecular formula is C14H19N3O3S. The molecule has 21 heavy (non-hydrogen) atoms. The van der Waals surface area contributed by atoms with E-state index in [-0.39, 0.29) is 30.5 Å². The van der Waals surface area contributed by atoms with E-state index < -0.39 is 10.0 Å². The van der Waals surface area contributed by atoms with E-state index in [9.17, 15) is 13.2 Å². The first kappa shape index (κ1) is 17.0. The average Bonchev–Trinajstić information content (AvgIpc) is 2.37.